The maximum absolute atomic E-state index is 11.3. The van der Waals surface area contributed by atoms with E-state index < -0.39 is 11.9 Å². The van der Waals surface area contributed by atoms with E-state index in [2.05, 4.69) is 4.74 Å². The van der Waals surface area contributed by atoms with Gasteiger partial charge in [-0.1, -0.05) is 0 Å². The second-order valence-electron chi connectivity index (χ2n) is 3.32. The van der Waals surface area contributed by atoms with Crippen LogP contribution in [0.5, 0.6) is 0 Å². The highest BCUT2D eigenvalue weighted by Crippen LogP contribution is 2.20. The maximum Gasteiger partial charge on any atom is 0.316 e. The first-order chi connectivity index (χ1) is 6.09. The molecule has 2 atom stereocenters. The molecule has 2 unspecified atom stereocenters. The van der Waals surface area contributed by atoms with Gasteiger partial charge in [0.15, 0.2) is 0 Å². The van der Waals surface area contributed by atoms with E-state index >= 15 is 0 Å². The normalized spacial score (nSPS) is 28.2. The summed E-state index contributed by atoms with van der Waals surface area (Å²) in [6, 6.07) is 0. The molecule has 0 bridgehead atoms. The summed E-state index contributed by atoms with van der Waals surface area (Å²) in [5.74, 6) is -1.13. The van der Waals surface area contributed by atoms with Crippen LogP contribution >= 0.6 is 0 Å². The van der Waals surface area contributed by atoms with Crippen molar-refractivity contribution < 1.29 is 19.1 Å². The lowest BCUT2D eigenvalue weighted by atomic mass is 9.96. The average Bonchev–Trinajstić information content (AvgIpc) is 2.03. The van der Waals surface area contributed by atoms with Crippen LogP contribution in [0.1, 0.15) is 26.7 Å². The van der Waals surface area contributed by atoms with E-state index in [1.165, 1.54) is 6.92 Å². The van der Waals surface area contributed by atoms with Gasteiger partial charge in [-0.3, -0.25) is 9.59 Å². The van der Waals surface area contributed by atoms with Crippen molar-refractivity contribution in [3.63, 3.8) is 0 Å². The Bertz CT molecular complexity index is 212. The van der Waals surface area contributed by atoms with Crippen LogP contribution in [0.4, 0.5) is 0 Å². The Morgan fingerprint density at radius 3 is 2.69 bits per heavy atom. The number of hydrogen-bond acceptors (Lipinski definition) is 4. The van der Waals surface area contributed by atoms with E-state index in [0.717, 1.165) is 0 Å². The summed E-state index contributed by atoms with van der Waals surface area (Å²) in [4.78, 5) is 21.8. The van der Waals surface area contributed by atoms with Gasteiger partial charge in [0, 0.05) is 13.5 Å². The zero-order valence-corrected chi connectivity index (χ0v) is 7.91. The maximum atomic E-state index is 11.3. The third-order valence-electron chi connectivity index (χ3n) is 2.06. The molecule has 0 aromatic rings. The minimum atomic E-state index is -0.538. The third-order valence-corrected chi connectivity index (χ3v) is 2.06. The monoisotopic (exact) mass is 186 g/mol. The van der Waals surface area contributed by atoms with Crippen LogP contribution in [0.25, 0.3) is 0 Å². The molecule has 4 nitrogen and oxygen atoms in total. The van der Waals surface area contributed by atoms with E-state index in [1.807, 2.05) is 6.92 Å². The molecular weight excluding hydrogens is 172 g/mol. The second-order valence-corrected chi connectivity index (χ2v) is 3.32. The van der Waals surface area contributed by atoms with Gasteiger partial charge in [-0.2, -0.15) is 0 Å². The summed E-state index contributed by atoms with van der Waals surface area (Å²) in [6.07, 6.45) is 1.38. The minimum Gasteiger partial charge on any atom is -0.393 e. The van der Waals surface area contributed by atoms with Crippen LogP contribution in [0.2, 0.25) is 0 Å². The summed E-state index contributed by atoms with van der Waals surface area (Å²) in [5, 5.41) is 0. The largest absolute Gasteiger partial charge is 0.393 e. The Labute approximate surface area is 77.2 Å². The van der Waals surface area contributed by atoms with Gasteiger partial charge in [0.1, 0.15) is 0 Å². The van der Waals surface area contributed by atoms with Gasteiger partial charge in [0.05, 0.1) is 12.0 Å². The van der Waals surface area contributed by atoms with Gasteiger partial charge in [-0.15, -0.1) is 0 Å². The Morgan fingerprint density at radius 2 is 2.15 bits per heavy atom. The van der Waals surface area contributed by atoms with Gasteiger partial charge in [0.25, 0.3) is 0 Å². The number of esters is 2. The molecule has 0 aromatic carbocycles. The van der Waals surface area contributed by atoms with E-state index in [-0.39, 0.29) is 12.0 Å². The SMILES string of the molecule is CC(=O)OC(=O)C1CCOC(C)C1. The van der Waals surface area contributed by atoms with Crippen LogP contribution in [0.15, 0.2) is 0 Å². The molecule has 0 N–H and O–H groups in total. The molecule has 0 spiro atoms. The van der Waals surface area contributed by atoms with E-state index in [0.29, 0.717) is 19.4 Å². The van der Waals surface area contributed by atoms with Crippen molar-refractivity contribution in [2.45, 2.75) is 32.8 Å². The van der Waals surface area contributed by atoms with Gasteiger partial charge in [0.2, 0.25) is 0 Å². The van der Waals surface area contributed by atoms with Crippen molar-refractivity contribution in [2.75, 3.05) is 6.61 Å². The Hall–Kier alpha value is -0.900. The van der Waals surface area contributed by atoms with Gasteiger partial charge < -0.3 is 9.47 Å². The molecule has 13 heavy (non-hydrogen) atoms. The lowest BCUT2D eigenvalue weighted by Crippen LogP contribution is -2.30. The van der Waals surface area contributed by atoms with E-state index in [9.17, 15) is 9.59 Å². The molecule has 74 valence electrons. The minimum absolute atomic E-state index is 0.0817. The smallest absolute Gasteiger partial charge is 0.316 e. The molecule has 0 aromatic heterocycles. The number of carbonyl (C=O) groups excluding carboxylic acids is 2. The van der Waals surface area contributed by atoms with Crippen molar-refractivity contribution >= 4 is 11.9 Å². The van der Waals surface area contributed by atoms with Gasteiger partial charge in [-0.25, -0.2) is 0 Å². The molecule has 1 heterocycles. The van der Waals surface area contributed by atoms with Crippen LogP contribution < -0.4 is 0 Å². The Morgan fingerprint density at radius 1 is 1.46 bits per heavy atom. The lowest BCUT2D eigenvalue weighted by Gasteiger charge is -2.25. The molecule has 1 fully saturated rings. The fourth-order valence-corrected chi connectivity index (χ4v) is 1.44. The number of ether oxygens (including phenoxy) is 2. The molecule has 1 rings (SSSR count). The highest BCUT2D eigenvalue weighted by atomic mass is 16.6. The van der Waals surface area contributed by atoms with Crippen molar-refractivity contribution in [1.82, 2.24) is 0 Å². The summed E-state index contributed by atoms with van der Waals surface area (Å²) in [6.45, 7) is 3.71. The van der Waals surface area contributed by atoms with E-state index in [4.69, 9.17) is 4.74 Å². The van der Waals surface area contributed by atoms with Crippen molar-refractivity contribution in [2.24, 2.45) is 5.92 Å². The van der Waals surface area contributed by atoms with E-state index in [1.54, 1.807) is 0 Å². The van der Waals surface area contributed by atoms with Gasteiger partial charge >= 0.3 is 11.9 Å². The molecule has 1 aliphatic rings. The van der Waals surface area contributed by atoms with Crippen molar-refractivity contribution in [3.8, 4) is 0 Å². The first-order valence-electron chi connectivity index (χ1n) is 4.43. The molecule has 1 aliphatic heterocycles. The summed E-state index contributed by atoms with van der Waals surface area (Å²) in [7, 11) is 0. The van der Waals surface area contributed by atoms with Crippen LogP contribution in [0.3, 0.4) is 0 Å². The fourth-order valence-electron chi connectivity index (χ4n) is 1.44. The molecule has 0 aliphatic carbocycles. The molecule has 0 radical (unpaired) electrons. The highest BCUT2D eigenvalue weighted by Gasteiger charge is 2.27. The quantitative estimate of drug-likeness (QED) is 0.451. The first-order valence-corrected chi connectivity index (χ1v) is 4.43. The van der Waals surface area contributed by atoms with Crippen molar-refractivity contribution in [1.29, 1.82) is 0 Å². The number of carbonyl (C=O) groups is 2. The fraction of sp³-hybridized carbons (Fsp3) is 0.778. The van der Waals surface area contributed by atoms with Gasteiger partial charge in [-0.05, 0) is 19.8 Å². The zero-order chi connectivity index (χ0) is 9.84. The Kier molecular flexibility index (Phi) is 3.42. The van der Waals surface area contributed by atoms with Crippen LogP contribution in [-0.4, -0.2) is 24.6 Å². The number of hydrogen-bond donors (Lipinski definition) is 0. The molecule has 0 saturated carbocycles. The molecule has 0 amide bonds. The first kappa shape index (κ1) is 10.2. The van der Waals surface area contributed by atoms with Crippen LogP contribution in [-0.2, 0) is 19.1 Å². The second kappa shape index (κ2) is 4.37. The predicted octanol–water partition coefficient (Wildman–Crippen LogP) is 0.891. The summed E-state index contributed by atoms with van der Waals surface area (Å²) >= 11 is 0. The average molecular weight is 186 g/mol. The van der Waals surface area contributed by atoms with Crippen LogP contribution in [0, 0.1) is 5.92 Å². The van der Waals surface area contributed by atoms with Crippen molar-refractivity contribution in [3.05, 3.63) is 0 Å². The molecule has 1 saturated heterocycles. The topological polar surface area (TPSA) is 52.6 Å². The Balaban J connectivity index is 2.41. The predicted molar refractivity (Wildman–Crippen MR) is 44.9 cm³/mol. The number of rotatable bonds is 1. The third kappa shape index (κ3) is 3.14. The highest BCUT2D eigenvalue weighted by molar-refractivity contribution is 5.85. The summed E-state index contributed by atoms with van der Waals surface area (Å²) < 4.78 is 9.78. The molecular formula is C9H14O4. The standard InChI is InChI=1S/C9H14O4/c1-6-5-8(3-4-12-6)9(11)13-7(2)10/h6,8H,3-5H2,1-2H3. The zero-order valence-electron chi connectivity index (χ0n) is 7.91. The lowest BCUT2D eigenvalue weighted by molar-refractivity contribution is -0.164. The summed E-state index contributed by atoms with van der Waals surface area (Å²) in [5.41, 5.74) is 0. The molecule has 4 heteroatoms.